The fourth-order valence-electron chi connectivity index (χ4n) is 4.17. The Balaban J connectivity index is 1.80. The number of ether oxygens (including phenoxy) is 1. The summed E-state index contributed by atoms with van der Waals surface area (Å²) in [5.41, 5.74) is 0.920. The van der Waals surface area contributed by atoms with Gasteiger partial charge in [-0.25, -0.2) is 0 Å². The third-order valence-corrected chi connectivity index (χ3v) is 6.09. The number of phenols is 2. The number of hydrogen-bond donors (Lipinski definition) is 2. The van der Waals surface area contributed by atoms with Crippen molar-refractivity contribution in [3.8, 4) is 11.5 Å². The van der Waals surface area contributed by atoms with Crippen LogP contribution in [0.5, 0.6) is 11.5 Å². The second-order valence-corrected chi connectivity index (χ2v) is 8.14. The number of carbonyl (C=O) groups is 1. The lowest BCUT2D eigenvalue weighted by Crippen LogP contribution is -2.36. The van der Waals surface area contributed by atoms with Gasteiger partial charge in [-0.05, 0) is 42.2 Å². The lowest BCUT2D eigenvalue weighted by molar-refractivity contribution is 0.0444. The van der Waals surface area contributed by atoms with Gasteiger partial charge in [-0.15, -0.1) is 11.6 Å². The smallest absolute Gasteiger partial charge is 0.257 e. The van der Waals surface area contributed by atoms with E-state index in [2.05, 4.69) is 0 Å². The highest BCUT2D eigenvalue weighted by atomic mass is 35.5. The number of hydrogen-bond acceptors (Lipinski definition) is 4. The van der Waals surface area contributed by atoms with E-state index in [9.17, 15) is 15.0 Å². The molecule has 4 atom stereocenters. The van der Waals surface area contributed by atoms with Crippen LogP contribution >= 0.6 is 11.6 Å². The zero-order valence-corrected chi connectivity index (χ0v) is 15.7. The van der Waals surface area contributed by atoms with Gasteiger partial charge in [0.15, 0.2) is 0 Å². The van der Waals surface area contributed by atoms with Gasteiger partial charge in [0.05, 0.1) is 17.0 Å². The Kier molecular flexibility index (Phi) is 5.16. The Morgan fingerprint density at radius 2 is 1.84 bits per heavy atom. The van der Waals surface area contributed by atoms with E-state index in [0.717, 1.165) is 12.8 Å². The molecule has 1 heterocycles. The molecule has 0 bridgehead atoms. The van der Waals surface area contributed by atoms with E-state index < -0.39 is 0 Å². The molecular weight excluding hydrogens is 342 g/mol. The van der Waals surface area contributed by atoms with Crippen LogP contribution < -0.4 is 0 Å². The van der Waals surface area contributed by atoms with Crippen molar-refractivity contribution < 1.29 is 19.7 Å². The highest BCUT2D eigenvalue weighted by Gasteiger charge is 2.43. The van der Waals surface area contributed by atoms with E-state index in [0.29, 0.717) is 30.5 Å². The number of rotatable bonds is 3. The first-order chi connectivity index (χ1) is 11.8. The summed E-state index contributed by atoms with van der Waals surface area (Å²) in [6.45, 7) is 5.19. The number of carbonyl (C=O) groups excluding carboxylic acids is 1. The van der Waals surface area contributed by atoms with E-state index in [-0.39, 0.29) is 40.4 Å². The van der Waals surface area contributed by atoms with Crippen molar-refractivity contribution in [2.45, 2.75) is 44.1 Å². The molecule has 1 aliphatic heterocycles. The Labute approximate surface area is 153 Å². The second kappa shape index (κ2) is 7.04. The van der Waals surface area contributed by atoms with Crippen LogP contribution in [-0.4, -0.2) is 52.7 Å². The standard InChI is InChI=1S/C19H26ClNO4/c1-10(2)13-6-14(17(23)7-16(13)22)19(24)21-8-11-4-15(20)18(25-3)5-12(11)9-21/h6-7,10-12,15,18,22-23H,4-5,8-9H2,1-3H3. The van der Waals surface area contributed by atoms with Crippen molar-refractivity contribution in [3.63, 3.8) is 0 Å². The highest BCUT2D eigenvalue weighted by molar-refractivity contribution is 6.21. The maximum atomic E-state index is 12.9. The van der Waals surface area contributed by atoms with Crippen LogP contribution in [0, 0.1) is 11.8 Å². The average Bonchev–Trinajstić information content (AvgIpc) is 2.95. The molecular formula is C19H26ClNO4. The minimum Gasteiger partial charge on any atom is -0.508 e. The van der Waals surface area contributed by atoms with Crippen LogP contribution in [0.3, 0.4) is 0 Å². The molecule has 0 aromatic heterocycles. The topological polar surface area (TPSA) is 70.0 Å². The van der Waals surface area contributed by atoms with E-state index in [4.69, 9.17) is 16.3 Å². The monoisotopic (exact) mass is 367 g/mol. The quantitative estimate of drug-likeness (QED) is 0.804. The van der Waals surface area contributed by atoms with E-state index in [1.807, 2.05) is 13.8 Å². The largest absolute Gasteiger partial charge is 0.508 e. The molecule has 6 heteroatoms. The predicted octanol–water partition coefficient (Wildman–Crippen LogP) is 3.33. The number of likely N-dealkylation sites (tertiary alicyclic amines) is 1. The molecule has 2 fully saturated rings. The third kappa shape index (κ3) is 3.44. The maximum Gasteiger partial charge on any atom is 0.257 e. The minimum absolute atomic E-state index is 0.0177. The Hall–Kier alpha value is -1.46. The molecule has 2 aliphatic rings. The zero-order chi connectivity index (χ0) is 18.3. The minimum atomic E-state index is -0.186. The van der Waals surface area contributed by atoms with Crippen LogP contribution in [0.25, 0.3) is 0 Å². The maximum absolute atomic E-state index is 12.9. The molecule has 138 valence electrons. The number of fused-ring (bicyclic) bond motifs is 1. The molecule has 0 radical (unpaired) electrons. The van der Waals surface area contributed by atoms with Gasteiger partial charge >= 0.3 is 0 Å². The van der Waals surface area contributed by atoms with E-state index >= 15 is 0 Å². The van der Waals surface area contributed by atoms with Gasteiger partial charge in [0.25, 0.3) is 5.91 Å². The molecule has 4 unspecified atom stereocenters. The molecule has 1 aliphatic carbocycles. The van der Waals surface area contributed by atoms with Gasteiger partial charge in [0.1, 0.15) is 11.5 Å². The number of benzene rings is 1. The van der Waals surface area contributed by atoms with E-state index in [1.165, 1.54) is 6.07 Å². The van der Waals surface area contributed by atoms with Crippen LogP contribution in [-0.2, 0) is 4.74 Å². The lowest BCUT2D eigenvalue weighted by Gasteiger charge is -2.33. The van der Waals surface area contributed by atoms with Crippen molar-refractivity contribution in [1.29, 1.82) is 0 Å². The van der Waals surface area contributed by atoms with Gasteiger partial charge in [-0.2, -0.15) is 0 Å². The number of halogens is 1. The van der Waals surface area contributed by atoms with Crippen molar-refractivity contribution in [2.75, 3.05) is 20.2 Å². The Morgan fingerprint density at radius 3 is 2.44 bits per heavy atom. The number of aromatic hydroxyl groups is 2. The number of methoxy groups -OCH3 is 1. The molecule has 2 N–H and O–H groups in total. The number of phenolic OH excluding ortho intramolecular Hbond substituents is 2. The van der Waals surface area contributed by atoms with Crippen LogP contribution in [0.4, 0.5) is 0 Å². The number of alkyl halides is 1. The normalized spacial score (nSPS) is 29.1. The summed E-state index contributed by atoms with van der Waals surface area (Å²) in [6, 6.07) is 2.88. The van der Waals surface area contributed by atoms with Crippen LogP contribution in [0.2, 0.25) is 0 Å². The first-order valence-electron chi connectivity index (χ1n) is 8.83. The van der Waals surface area contributed by atoms with Crippen molar-refractivity contribution in [3.05, 3.63) is 23.3 Å². The molecule has 0 spiro atoms. The second-order valence-electron chi connectivity index (χ2n) is 7.57. The van der Waals surface area contributed by atoms with Crippen LogP contribution in [0.1, 0.15) is 48.5 Å². The number of nitrogens with zero attached hydrogens (tertiary/aromatic N) is 1. The Morgan fingerprint density at radius 1 is 1.20 bits per heavy atom. The molecule has 1 saturated heterocycles. The van der Waals surface area contributed by atoms with Gasteiger partial charge in [0.2, 0.25) is 0 Å². The molecule has 3 rings (SSSR count). The van der Waals surface area contributed by atoms with Crippen molar-refractivity contribution in [2.24, 2.45) is 11.8 Å². The first kappa shape index (κ1) is 18.3. The fraction of sp³-hybridized carbons (Fsp3) is 0.632. The predicted molar refractivity (Wildman–Crippen MR) is 96.4 cm³/mol. The summed E-state index contributed by atoms with van der Waals surface area (Å²) in [7, 11) is 1.68. The summed E-state index contributed by atoms with van der Waals surface area (Å²) in [5, 5.41) is 20.1. The lowest BCUT2D eigenvalue weighted by atomic mass is 9.80. The molecule has 1 amide bonds. The van der Waals surface area contributed by atoms with Crippen molar-refractivity contribution in [1.82, 2.24) is 4.90 Å². The molecule has 1 aromatic rings. The van der Waals surface area contributed by atoms with Gasteiger partial charge < -0.3 is 19.8 Å². The summed E-state index contributed by atoms with van der Waals surface area (Å²) >= 11 is 6.40. The third-order valence-electron chi connectivity index (χ3n) is 5.63. The number of amides is 1. The summed E-state index contributed by atoms with van der Waals surface area (Å²) in [4.78, 5) is 14.7. The van der Waals surface area contributed by atoms with Gasteiger partial charge in [-0.3, -0.25) is 4.79 Å². The Bertz CT molecular complexity index is 663. The molecule has 1 aromatic carbocycles. The fourth-order valence-corrected chi connectivity index (χ4v) is 4.60. The van der Waals surface area contributed by atoms with Gasteiger partial charge in [-0.1, -0.05) is 13.8 Å². The molecule has 1 saturated carbocycles. The highest BCUT2D eigenvalue weighted by Crippen LogP contribution is 2.41. The summed E-state index contributed by atoms with van der Waals surface area (Å²) in [5.74, 6) is 0.481. The average molecular weight is 368 g/mol. The van der Waals surface area contributed by atoms with E-state index in [1.54, 1.807) is 18.1 Å². The molecule has 5 nitrogen and oxygen atoms in total. The summed E-state index contributed by atoms with van der Waals surface area (Å²) < 4.78 is 5.46. The van der Waals surface area contributed by atoms with Crippen LogP contribution in [0.15, 0.2) is 12.1 Å². The SMILES string of the molecule is COC1CC2CN(C(=O)c3cc(C(C)C)c(O)cc3O)CC2CC1Cl. The first-order valence-corrected chi connectivity index (χ1v) is 9.27. The van der Waals surface area contributed by atoms with Gasteiger partial charge in [0, 0.05) is 26.3 Å². The molecule has 25 heavy (non-hydrogen) atoms. The summed E-state index contributed by atoms with van der Waals surface area (Å²) in [6.07, 6.45) is 1.73. The van der Waals surface area contributed by atoms with Crippen molar-refractivity contribution >= 4 is 17.5 Å². The zero-order valence-electron chi connectivity index (χ0n) is 14.9.